The lowest BCUT2D eigenvalue weighted by atomic mass is 10.2. The fourth-order valence-corrected chi connectivity index (χ4v) is 1.68. The van der Waals surface area contributed by atoms with Crippen LogP contribution in [0.1, 0.15) is 12.5 Å². The van der Waals surface area contributed by atoms with Gasteiger partial charge in [-0.3, -0.25) is 4.90 Å². The van der Waals surface area contributed by atoms with Gasteiger partial charge in [0.15, 0.2) is 0 Å². The number of nitrogens with one attached hydrogen (secondary N) is 1. The highest BCUT2D eigenvalue weighted by atomic mass is 19.1. The second-order valence-electron chi connectivity index (χ2n) is 3.89. The highest BCUT2D eigenvalue weighted by Gasteiger charge is 2.04. The van der Waals surface area contributed by atoms with Crippen molar-refractivity contribution in [2.45, 2.75) is 6.92 Å². The van der Waals surface area contributed by atoms with E-state index in [9.17, 15) is 4.39 Å². The standard InChI is InChI=1S/C13H18FN3O/c1-2-17(7-8-18)6-5-16-13-4-3-12(14)9-11(13)10-15/h3-4,9,16,18H,2,5-8H2,1H3. The van der Waals surface area contributed by atoms with Crippen molar-refractivity contribution in [2.75, 3.05) is 38.1 Å². The molecule has 98 valence electrons. The van der Waals surface area contributed by atoms with Crippen molar-refractivity contribution in [2.24, 2.45) is 0 Å². The minimum absolute atomic E-state index is 0.133. The van der Waals surface area contributed by atoms with Gasteiger partial charge in [0.25, 0.3) is 0 Å². The van der Waals surface area contributed by atoms with Gasteiger partial charge in [0.2, 0.25) is 0 Å². The molecule has 5 heteroatoms. The fourth-order valence-electron chi connectivity index (χ4n) is 1.68. The maximum Gasteiger partial charge on any atom is 0.124 e. The van der Waals surface area contributed by atoms with Gasteiger partial charge in [-0.15, -0.1) is 0 Å². The van der Waals surface area contributed by atoms with E-state index in [1.807, 2.05) is 13.0 Å². The summed E-state index contributed by atoms with van der Waals surface area (Å²) >= 11 is 0. The number of nitrogens with zero attached hydrogens (tertiary/aromatic N) is 2. The third kappa shape index (κ3) is 4.32. The quantitative estimate of drug-likeness (QED) is 0.769. The number of anilines is 1. The van der Waals surface area contributed by atoms with Gasteiger partial charge in [0.1, 0.15) is 11.9 Å². The molecular weight excluding hydrogens is 233 g/mol. The molecule has 4 nitrogen and oxygen atoms in total. The van der Waals surface area contributed by atoms with Crippen LogP contribution in [-0.2, 0) is 0 Å². The van der Waals surface area contributed by atoms with Gasteiger partial charge in [-0.1, -0.05) is 6.92 Å². The number of likely N-dealkylation sites (N-methyl/N-ethyl adjacent to an activating group) is 1. The number of halogens is 1. The van der Waals surface area contributed by atoms with Crippen LogP contribution in [0.15, 0.2) is 18.2 Å². The zero-order valence-corrected chi connectivity index (χ0v) is 10.5. The number of hydrogen-bond donors (Lipinski definition) is 2. The summed E-state index contributed by atoms with van der Waals surface area (Å²) in [6.45, 7) is 5.05. The van der Waals surface area contributed by atoms with Crippen molar-refractivity contribution < 1.29 is 9.50 Å². The van der Waals surface area contributed by atoms with Crippen molar-refractivity contribution in [3.63, 3.8) is 0 Å². The smallest absolute Gasteiger partial charge is 0.124 e. The summed E-state index contributed by atoms with van der Waals surface area (Å²) in [6.07, 6.45) is 0. The first-order valence-corrected chi connectivity index (χ1v) is 5.98. The zero-order valence-electron chi connectivity index (χ0n) is 10.5. The Balaban J connectivity index is 2.51. The Kier molecular flexibility index (Phi) is 6.12. The Morgan fingerprint density at radius 2 is 2.22 bits per heavy atom. The van der Waals surface area contributed by atoms with Gasteiger partial charge >= 0.3 is 0 Å². The molecule has 0 spiro atoms. The molecule has 0 atom stereocenters. The molecule has 1 aromatic rings. The van der Waals surface area contributed by atoms with Gasteiger partial charge < -0.3 is 10.4 Å². The molecule has 0 aliphatic heterocycles. The summed E-state index contributed by atoms with van der Waals surface area (Å²) in [5.74, 6) is -0.410. The van der Waals surface area contributed by atoms with E-state index < -0.39 is 5.82 Å². The van der Waals surface area contributed by atoms with Gasteiger partial charge in [0.05, 0.1) is 17.9 Å². The number of aliphatic hydroxyl groups excluding tert-OH is 1. The number of nitriles is 1. The molecule has 0 aliphatic carbocycles. The molecule has 0 saturated carbocycles. The van der Waals surface area contributed by atoms with Crippen LogP contribution in [0.2, 0.25) is 0 Å². The lowest BCUT2D eigenvalue weighted by Crippen LogP contribution is -2.31. The Morgan fingerprint density at radius 3 is 2.83 bits per heavy atom. The van der Waals surface area contributed by atoms with E-state index in [1.54, 1.807) is 6.07 Å². The first-order chi connectivity index (χ1) is 8.71. The first-order valence-electron chi connectivity index (χ1n) is 5.98. The average Bonchev–Trinajstić information content (AvgIpc) is 2.39. The minimum Gasteiger partial charge on any atom is -0.395 e. The number of aliphatic hydroxyl groups is 1. The number of hydrogen-bond acceptors (Lipinski definition) is 4. The molecule has 0 heterocycles. The van der Waals surface area contributed by atoms with Gasteiger partial charge in [-0.05, 0) is 24.7 Å². The SMILES string of the molecule is CCN(CCO)CCNc1ccc(F)cc1C#N. The van der Waals surface area contributed by atoms with E-state index in [1.165, 1.54) is 12.1 Å². The van der Waals surface area contributed by atoms with Gasteiger partial charge in [-0.2, -0.15) is 5.26 Å². The van der Waals surface area contributed by atoms with Gasteiger partial charge in [0, 0.05) is 19.6 Å². The zero-order chi connectivity index (χ0) is 13.4. The number of rotatable bonds is 7. The van der Waals surface area contributed by atoms with Crippen molar-refractivity contribution in [3.05, 3.63) is 29.6 Å². The average molecular weight is 251 g/mol. The summed E-state index contributed by atoms with van der Waals surface area (Å²) in [6, 6.07) is 6.07. The third-order valence-corrected chi connectivity index (χ3v) is 2.71. The lowest BCUT2D eigenvalue weighted by molar-refractivity contribution is 0.206. The molecule has 2 N–H and O–H groups in total. The first kappa shape index (κ1) is 14.4. The lowest BCUT2D eigenvalue weighted by Gasteiger charge is -2.19. The fraction of sp³-hybridized carbons (Fsp3) is 0.462. The van der Waals surface area contributed by atoms with Crippen LogP contribution in [0.25, 0.3) is 0 Å². The molecule has 0 bridgehead atoms. The molecule has 0 amide bonds. The predicted octanol–water partition coefficient (Wildman–Crippen LogP) is 1.42. The van der Waals surface area contributed by atoms with E-state index in [0.717, 1.165) is 13.1 Å². The number of benzene rings is 1. The van der Waals surface area contributed by atoms with Crippen molar-refractivity contribution >= 4 is 5.69 Å². The molecule has 1 rings (SSSR count). The van der Waals surface area contributed by atoms with E-state index in [-0.39, 0.29) is 6.61 Å². The predicted molar refractivity (Wildman–Crippen MR) is 68.8 cm³/mol. The summed E-state index contributed by atoms with van der Waals surface area (Å²) in [7, 11) is 0. The van der Waals surface area contributed by atoms with Gasteiger partial charge in [-0.25, -0.2) is 4.39 Å². The minimum atomic E-state index is -0.410. The molecule has 18 heavy (non-hydrogen) atoms. The normalized spacial score (nSPS) is 10.4. The van der Waals surface area contributed by atoms with Crippen molar-refractivity contribution in [3.8, 4) is 6.07 Å². The summed E-state index contributed by atoms with van der Waals surface area (Å²) in [5.41, 5.74) is 0.944. The van der Waals surface area contributed by atoms with Crippen LogP contribution in [-0.4, -0.2) is 42.8 Å². The summed E-state index contributed by atoms with van der Waals surface area (Å²) in [5, 5.41) is 20.8. The summed E-state index contributed by atoms with van der Waals surface area (Å²) in [4.78, 5) is 2.09. The Labute approximate surface area is 107 Å². The van der Waals surface area contributed by atoms with Crippen LogP contribution >= 0.6 is 0 Å². The van der Waals surface area contributed by atoms with E-state index in [4.69, 9.17) is 10.4 Å². The van der Waals surface area contributed by atoms with Crippen molar-refractivity contribution in [1.29, 1.82) is 5.26 Å². The Morgan fingerprint density at radius 1 is 1.44 bits per heavy atom. The molecule has 0 unspecified atom stereocenters. The van der Waals surface area contributed by atoms with Crippen LogP contribution in [0.4, 0.5) is 10.1 Å². The Bertz CT molecular complexity index is 417. The molecule has 1 aromatic carbocycles. The molecule has 0 aromatic heterocycles. The highest BCUT2D eigenvalue weighted by molar-refractivity contribution is 5.57. The monoisotopic (exact) mass is 251 g/mol. The Hall–Kier alpha value is -1.64. The second kappa shape index (κ2) is 7.64. The van der Waals surface area contributed by atoms with E-state index in [0.29, 0.717) is 24.3 Å². The molecule has 0 saturated heterocycles. The second-order valence-corrected chi connectivity index (χ2v) is 3.89. The van der Waals surface area contributed by atoms with Crippen LogP contribution < -0.4 is 5.32 Å². The summed E-state index contributed by atoms with van der Waals surface area (Å²) < 4.78 is 12.9. The van der Waals surface area contributed by atoms with Crippen molar-refractivity contribution in [1.82, 2.24) is 4.90 Å². The maximum absolute atomic E-state index is 12.9. The van der Waals surface area contributed by atoms with Crippen LogP contribution in [0, 0.1) is 17.1 Å². The molecule has 0 aliphatic rings. The largest absolute Gasteiger partial charge is 0.395 e. The maximum atomic E-state index is 12.9. The van der Waals surface area contributed by atoms with E-state index >= 15 is 0 Å². The molecule has 0 fully saturated rings. The third-order valence-electron chi connectivity index (χ3n) is 2.71. The highest BCUT2D eigenvalue weighted by Crippen LogP contribution is 2.15. The van der Waals surface area contributed by atoms with Crippen LogP contribution in [0.5, 0.6) is 0 Å². The molecular formula is C13H18FN3O. The topological polar surface area (TPSA) is 59.3 Å². The van der Waals surface area contributed by atoms with E-state index in [2.05, 4.69) is 10.2 Å². The molecule has 0 radical (unpaired) electrons. The van der Waals surface area contributed by atoms with Crippen LogP contribution in [0.3, 0.4) is 0 Å².